The molecule has 6 nitrogen and oxygen atoms in total. The van der Waals surface area contributed by atoms with E-state index in [4.69, 9.17) is 37.4 Å². The van der Waals surface area contributed by atoms with Crippen LogP contribution in [0.4, 0.5) is 0 Å². The van der Waals surface area contributed by atoms with E-state index in [1.165, 1.54) is 11.8 Å². The SMILES string of the molecule is CCOC(=O)C1=C(C)N=C2SC=CN2[C@H]1c1cc(Br)c(OCc2ccc(Cl)cc2Cl)c(OC)c1. The lowest BCUT2D eigenvalue weighted by Crippen LogP contribution is -2.34. The summed E-state index contributed by atoms with van der Waals surface area (Å²) in [7, 11) is 1.57. The third-order valence-corrected chi connectivity index (χ3v) is 7.22. The third kappa shape index (κ3) is 4.96. The molecule has 10 heteroatoms. The molecule has 0 N–H and O–H groups in total. The molecule has 0 radical (unpaired) electrons. The summed E-state index contributed by atoms with van der Waals surface area (Å²) in [5.41, 5.74) is 2.72. The number of hydrogen-bond acceptors (Lipinski definition) is 7. The molecule has 4 rings (SSSR count). The van der Waals surface area contributed by atoms with Crippen molar-refractivity contribution in [2.75, 3.05) is 13.7 Å². The molecule has 0 fully saturated rings. The molecular formula is C24H21BrCl2N2O4S. The van der Waals surface area contributed by atoms with Crippen molar-refractivity contribution in [3.63, 3.8) is 0 Å². The Balaban J connectivity index is 1.71. The highest BCUT2D eigenvalue weighted by atomic mass is 79.9. The number of allylic oxidation sites excluding steroid dienone is 1. The first-order valence-corrected chi connectivity index (χ1v) is 12.8. The fourth-order valence-corrected chi connectivity index (χ4v) is 5.55. The first-order chi connectivity index (χ1) is 16.3. The molecule has 2 aromatic carbocycles. The van der Waals surface area contributed by atoms with E-state index in [1.807, 2.05) is 41.6 Å². The minimum Gasteiger partial charge on any atom is -0.493 e. The second-order valence-electron chi connectivity index (χ2n) is 7.39. The van der Waals surface area contributed by atoms with Gasteiger partial charge in [0.15, 0.2) is 16.7 Å². The van der Waals surface area contributed by atoms with Crippen LogP contribution in [0.3, 0.4) is 0 Å². The molecule has 0 saturated heterocycles. The van der Waals surface area contributed by atoms with Crippen molar-refractivity contribution in [1.82, 2.24) is 4.90 Å². The average molecular weight is 584 g/mol. The Hall–Kier alpha value is -2.13. The number of thioether (sulfide) groups is 1. The predicted octanol–water partition coefficient (Wildman–Crippen LogP) is 7.11. The second-order valence-corrected chi connectivity index (χ2v) is 9.96. The molecule has 0 amide bonds. The summed E-state index contributed by atoms with van der Waals surface area (Å²) in [5.74, 6) is 0.632. The highest BCUT2D eigenvalue weighted by Gasteiger charge is 2.38. The number of benzene rings is 2. The highest BCUT2D eigenvalue weighted by molar-refractivity contribution is 9.10. The van der Waals surface area contributed by atoms with Crippen LogP contribution in [-0.4, -0.2) is 29.8 Å². The summed E-state index contributed by atoms with van der Waals surface area (Å²) in [5, 5.41) is 3.81. The van der Waals surface area contributed by atoms with Crippen LogP contribution < -0.4 is 9.47 Å². The number of methoxy groups -OCH3 is 1. The van der Waals surface area contributed by atoms with Gasteiger partial charge >= 0.3 is 5.97 Å². The fraction of sp³-hybridized carbons (Fsp3) is 0.250. The van der Waals surface area contributed by atoms with Gasteiger partial charge in [-0.3, -0.25) is 0 Å². The van der Waals surface area contributed by atoms with E-state index in [0.29, 0.717) is 37.3 Å². The number of fused-ring (bicyclic) bond motifs is 1. The average Bonchev–Trinajstić information content (AvgIpc) is 3.26. The molecule has 2 aliphatic heterocycles. The Morgan fingerprint density at radius 2 is 2.06 bits per heavy atom. The number of ether oxygens (including phenoxy) is 3. The van der Waals surface area contributed by atoms with Crippen LogP contribution in [0, 0.1) is 0 Å². The summed E-state index contributed by atoms with van der Waals surface area (Å²) < 4.78 is 17.8. The van der Waals surface area contributed by atoms with Crippen LogP contribution in [0.1, 0.15) is 31.0 Å². The number of halogens is 3. The lowest BCUT2D eigenvalue weighted by molar-refractivity contribution is -0.139. The number of carbonyl (C=O) groups excluding carboxylic acids is 1. The van der Waals surface area contributed by atoms with Gasteiger partial charge in [-0.1, -0.05) is 41.0 Å². The van der Waals surface area contributed by atoms with Gasteiger partial charge in [-0.05, 0) is 65.0 Å². The fourth-order valence-electron chi connectivity index (χ4n) is 3.72. The Morgan fingerprint density at radius 3 is 2.76 bits per heavy atom. The molecule has 2 aliphatic rings. The lowest BCUT2D eigenvalue weighted by Gasteiger charge is -2.33. The number of amidine groups is 1. The summed E-state index contributed by atoms with van der Waals surface area (Å²) >= 11 is 17.4. The zero-order valence-electron chi connectivity index (χ0n) is 18.6. The summed E-state index contributed by atoms with van der Waals surface area (Å²) in [6.45, 7) is 4.10. The van der Waals surface area contributed by atoms with Crippen LogP contribution in [0.5, 0.6) is 11.5 Å². The van der Waals surface area contributed by atoms with Gasteiger partial charge in [0.1, 0.15) is 6.61 Å². The molecular weight excluding hydrogens is 563 g/mol. The number of esters is 1. The molecule has 0 unspecified atom stereocenters. The van der Waals surface area contributed by atoms with Gasteiger partial charge in [0, 0.05) is 21.8 Å². The van der Waals surface area contributed by atoms with Crippen molar-refractivity contribution in [2.24, 2.45) is 4.99 Å². The van der Waals surface area contributed by atoms with Crippen LogP contribution in [0.15, 0.2) is 62.7 Å². The highest BCUT2D eigenvalue weighted by Crippen LogP contribution is 2.45. The van der Waals surface area contributed by atoms with Gasteiger partial charge in [-0.15, -0.1) is 0 Å². The van der Waals surface area contributed by atoms with Crippen molar-refractivity contribution >= 4 is 62.0 Å². The lowest BCUT2D eigenvalue weighted by atomic mass is 9.94. The monoisotopic (exact) mass is 582 g/mol. The van der Waals surface area contributed by atoms with Crippen molar-refractivity contribution in [3.05, 3.63) is 78.9 Å². The predicted molar refractivity (Wildman–Crippen MR) is 140 cm³/mol. The van der Waals surface area contributed by atoms with Crippen molar-refractivity contribution < 1.29 is 19.0 Å². The first kappa shape index (κ1) is 25.0. The maximum atomic E-state index is 12.9. The van der Waals surface area contributed by atoms with Crippen LogP contribution in [0.25, 0.3) is 0 Å². The van der Waals surface area contributed by atoms with Crippen LogP contribution in [-0.2, 0) is 16.1 Å². The number of aliphatic imine (C=N–C) groups is 1. The molecule has 178 valence electrons. The largest absolute Gasteiger partial charge is 0.493 e. The molecule has 0 spiro atoms. The minimum absolute atomic E-state index is 0.225. The number of carbonyl (C=O) groups is 1. The maximum absolute atomic E-state index is 12.9. The van der Waals surface area contributed by atoms with E-state index in [0.717, 1.165) is 16.3 Å². The quantitative estimate of drug-likeness (QED) is 0.324. The minimum atomic E-state index is -0.428. The van der Waals surface area contributed by atoms with Crippen LogP contribution in [0.2, 0.25) is 10.0 Å². The Kier molecular flexibility index (Phi) is 7.82. The van der Waals surface area contributed by atoms with Gasteiger partial charge in [0.2, 0.25) is 0 Å². The van der Waals surface area contributed by atoms with E-state index < -0.39 is 12.0 Å². The molecule has 2 heterocycles. The van der Waals surface area contributed by atoms with Crippen LogP contribution >= 0.6 is 50.9 Å². The maximum Gasteiger partial charge on any atom is 0.338 e. The number of nitrogens with zero attached hydrogens (tertiary/aromatic N) is 2. The first-order valence-electron chi connectivity index (χ1n) is 10.4. The van der Waals surface area contributed by atoms with Gasteiger partial charge in [-0.2, -0.15) is 0 Å². The Labute approximate surface area is 220 Å². The number of hydrogen-bond donors (Lipinski definition) is 0. The third-order valence-electron chi connectivity index (χ3n) is 5.27. The molecule has 1 atom stereocenters. The number of rotatable bonds is 7. The van der Waals surface area contributed by atoms with E-state index in [2.05, 4.69) is 20.9 Å². The molecule has 0 aliphatic carbocycles. The Morgan fingerprint density at radius 1 is 1.26 bits per heavy atom. The van der Waals surface area contributed by atoms with Gasteiger partial charge in [0.05, 0.1) is 35.5 Å². The standard InChI is InChI=1S/C24H21BrCl2N2O4S/c1-4-32-23(30)20-13(2)28-24-29(7-8-34-24)21(20)15-9-17(25)22(19(10-15)31-3)33-12-14-5-6-16(26)11-18(14)27/h5-11,21H,4,12H2,1-3H3/t21-/m0/s1. The van der Waals surface area contributed by atoms with Gasteiger partial charge < -0.3 is 19.1 Å². The molecule has 0 saturated carbocycles. The molecule has 0 bridgehead atoms. The smallest absolute Gasteiger partial charge is 0.338 e. The van der Waals surface area contributed by atoms with Crippen molar-refractivity contribution in [2.45, 2.75) is 26.5 Å². The zero-order valence-corrected chi connectivity index (χ0v) is 22.5. The zero-order chi connectivity index (χ0) is 24.4. The van der Waals surface area contributed by atoms with Crippen molar-refractivity contribution in [1.29, 1.82) is 0 Å². The summed E-state index contributed by atoms with van der Waals surface area (Å²) in [6, 6.07) is 8.60. The van der Waals surface area contributed by atoms with Gasteiger partial charge in [-0.25, -0.2) is 9.79 Å². The second kappa shape index (κ2) is 10.6. The molecule has 2 aromatic rings. The molecule has 34 heavy (non-hydrogen) atoms. The topological polar surface area (TPSA) is 60.4 Å². The summed E-state index contributed by atoms with van der Waals surface area (Å²) in [4.78, 5) is 19.5. The normalized spacial score (nSPS) is 16.9. The van der Waals surface area contributed by atoms with Crippen molar-refractivity contribution in [3.8, 4) is 11.5 Å². The van der Waals surface area contributed by atoms with E-state index in [-0.39, 0.29) is 13.2 Å². The summed E-state index contributed by atoms with van der Waals surface area (Å²) in [6.07, 6.45) is 1.91. The van der Waals surface area contributed by atoms with E-state index in [9.17, 15) is 4.79 Å². The van der Waals surface area contributed by atoms with E-state index in [1.54, 1.807) is 26.2 Å². The van der Waals surface area contributed by atoms with Gasteiger partial charge in [0.25, 0.3) is 0 Å². The Bertz CT molecular complexity index is 1230. The van der Waals surface area contributed by atoms with E-state index >= 15 is 0 Å². The molecule has 0 aromatic heterocycles.